The van der Waals surface area contributed by atoms with Crippen molar-refractivity contribution in [3.8, 4) is 0 Å². The summed E-state index contributed by atoms with van der Waals surface area (Å²) in [5, 5.41) is 29.3. The number of nitrogens with zero attached hydrogens (tertiary/aromatic N) is 1. The molecule has 0 radical (unpaired) electrons. The second kappa shape index (κ2) is 39.2. The van der Waals surface area contributed by atoms with E-state index in [4.69, 9.17) is 9.79 Å². The molecule has 10 heteroatoms. The second-order valence-corrected chi connectivity index (χ2v) is 18.0. The number of Topliss-reactive ketones (excluding diaryl/α,β-unsaturated/α-hetero) is 1. The van der Waals surface area contributed by atoms with E-state index < -0.39 is 26.6 Å². The maximum Gasteiger partial charge on any atom is 0.469 e. The lowest BCUT2D eigenvalue weighted by Gasteiger charge is -2.23. The fourth-order valence-electron chi connectivity index (χ4n) is 6.62. The number of unbranched alkanes of at least 4 members (excludes halogenated alkanes) is 25. The first-order chi connectivity index (χ1) is 25.8. The van der Waals surface area contributed by atoms with Crippen LogP contribution < -0.4 is 0 Å². The number of hydrogen-bond donors (Lipinski definition) is 5. The highest BCUT2D eigenvalue weighted by atomic mass is 31.2. The molecule has 324 valence electrons. The lowest BCUT2D eigenvalue weighted by Crippen LogP contribution is -2.40. The summed E-state index contributed by atoms with van der Waals surface area (Å²) in [6.07, 6.45) is 39.6. The van der Waals surface area contributed by atoms with E-state index in [2.05, 4.69) is 30.5 Å². The van der Waals surface area contributed by atoms with E-state index in [1.165, 1.54) is 148 Å². The molecule has 3 unspecified atom stereocenters. The van der Waals surface area contributed by atoms with Gasteiger partial charge in [-0.1, -0.05) is 180 Å². The van der Waals surface area contributed by atoms with Crippen molar-refractivity contribution in [2.24, 2.45) is 5.92 Å². The number of hydrogen-bond acceptors (Lipinski definition) is 6. The van der Waals surface area contributed by atoms with E-state index in [-0.39, 0.29) is 18.3 Å². The van der Waals surface area contributed by atoms with Gasteiger partial charge in [-0.25, -0.2) is 4.57 Å². The maximum absolute atomic E-state index is 12.9. The van der Waals surface area contributed by atoms with E-state index >= 15 is 0 Å². The molecule has 5 N–H and O–H groups in total. The number of likely N-dealkylation sites (N-methyl/N-ethyl adjacent to an activating group) is 1. The Kier molecular flexibility index (Phi) is 40.3. The molecule has 0 spiro atoms. The van der Waals surface area contributed by atoms with Crippen LogP contribution in [-0.4, -0.2) is 88.5 Å². The molecule has 0 aliphatic rings. The van der Waals surface area contributed by atoms with E-state index in [0.717, 1.165) is 44.9 Å². The summed E-state index contributed by atoms with van der Waals surface area (Å²) in [6.45, 7) is 4.61. The zero-order valence-corrected chi connectivity index (χ0v) is 37.0. The Morgan fingerprint density at radius 1 is 0.593 bits per heavy atom. The summed E-state index contributed by atoms with van der Waals surface area (Å²) in [7, 11) is 1.50. The zero-order chi connectivity index (χ0) is 40.8. The number of carbonyl (C=O) groups excluding carboxylic acids is 1. The molecule has 0 aromatic carbocycles. The number of quaternary nitrogens is 1. The van der Waals surface area contributed by atoms with Crippen LogP contribution in [0.3, 0.4) is 0 Å². The molecule has 3 atom stereocenters. The molecule has 0 heterocycles. The quantitative estimate of drug-likeness (QED) is 0.0179. The summed E-state index contributed by atoms with van der Waals surface area (Å²) in [4.78, 5) is 29.5. The van der Waals surface area contributed by atoms with Crippen LogP contribution in [-0.2, 0) is 13.9 Å². The fourth-order valence-corrected chi connectivity index (χ4v) is 6.94. The average molecular weight is 793 g/mol. The SMILES string of the molecule is CCCCCCCC/C=C\CCCCCCC(CCCCCCCCCCCCCCCCCC)C(=O)C(O)C(O)CO.C[N+](C)(C)CCOP(=O)(O)O. The highest BCUT2D eigenvalue weighted by Crippen LogP contribution is 2.35. The Labute approximate surface area is 334 Å². The van der Waals surface area contributed by atoms with Gasteiger partial charge in [-0.2, -0.15) is 0 Å². The summed E-state index contributed by atoms with van der Waals surface area (Å²) in [5.74, 6) is -0.486. The van der Waals surface area contributed by atoms with Gasteiger partial charge in [0.1, 0.15) is 25.4 Å². The van der Waals surface area contributed by atoms with Crippen molar-refractivity contribution in [3.63, 3.8) is 0 Å². The van der Waals surface area contributed by atoms with E-state index in [1.54, 1.807) is 0 Å². The maximum atomic E-state index is 12.9. The lowest BCUT2D eigenvalue weighted by atomic mass is 9.87. The third-order valence-corrected chi connectivity index (χ3v) is 10.8. The molecule has 0 aromatic rings. The van der Waals surface area contributed by atoms with Crippen LogP contribution in [0.15, 0.2) is 12.2 Å². The predicted octanol–water partition coefficient (Wildman–Crippen LogP) is 11.0. The second-order valence-electron chi connectivity index (χ2n) is 16.7. The van der Waals surface area contributed by atoms with Crippen LogP contribution in [0.1, 0.15) is 206 Å². The monoisotopic (exact) mass is 793 g/mol. The van der Waals surface area contributed by atoms with Gasteiger partial charge in [-0.3, -0.25) is 9.32 Å². The summed E-state index contributed by atoms with van der Waals surface area (Å²) in [5.41, 5.74) is 0. The minimum atomic E-state index is -4.26. The van der Waals surface area contributed by atoms with Crippen molar-refractivity contribution < 1.29 is 43.5 Å². The zero-order valence-electron chi connectivity index (χ0n) is 36.1. The number of carbonyl (C=O) groups is 1. The third-order valence-electron chi connectivity index (χ3n) is 10.2. The van der Waals surface area contributed by atoms with Gasteiger partial charge in [0.25, 0.3) is 0 Å². The minimum Gasteiger partial charge on any atom is -0.394 e. The topological polar surface area (TPSA) is 145 Å². The van der Waals surface area contributed by atoms with Crippen LogP contribution >= 0.6 is 7.82 Å². The molecule has 0 aromatic heterocycles. The number of phosphoric ester groups is 1. The van der Waals surface area contributed by atoms with Crippen LogP contribution in [0.2, 0.25) is 0 Å². The summed E-state index contributed by atoms with van der Waals surface area (Å²) < 4.78 is 15.1. The predicted molar refractivity (Wildman–Crippen MR) is 227 cm³/mol. The molecule has 0 bridgehead atoms. The molecule has 0 saturated carbocycles. The van der Waals surface area contributed by atoms with Crippen LogP contribution in [0.25, 0.3) is 0 Å². The molecule has 0 saturated heterocycles. The Hall–Kier alpha value is -0.640. The van der Waals surface area contributed by atoms with Gasteiger partial charge in [-0.05, 0) is 38.5 Å². The van der Waals surface area contributed by atoms with Crippen molar-refractivity contribution in [2.45, 2.75) is 219 Å². The number of allylic oxidation sites excluding steroid dienone is 2. The van der Waals surface area contributed by atoms with Gasteiger partial charge in [0.15, 0.2) is 5.78 Å². The molecule has 9 nitrogen and oxygen atoms in total. The van der Waals surface area contributed by atoms with E-state index in [1.807, 2.05) is 21.1 Å². The van der Waals surface area contributed by atoms with Crippen LogP contribution in [0.5, 0.6) is 0 Å². The van der Waals surface area contributed by atoms with Gasteiger partial charge in [0.2, 0.25) is 0 Å². The van der Waals surface area contributed by atoms with Crippen molar-refractivity contribution in [1.29, 1.82) is 0 Å². The van der Waals surface area contributed by atoms with E-state index in [9.17, 15) is 24.7 Å². The average Bonchev–Trinajstić information content (AvgIpc) is 3.12. The van der Waals surface area contributed by atoms with Crippen molar-refractivity contribution in [1.82, 2.24) is 0 Å². The van der Waals surface area contributed by atoms with Gasteiger partial charge < -0.3 is 29.6 Å². The molecule has 0 rings (SSSR count). The lowest BCUT2D eigenvalue weighted by molar-refractivity contribution is -0.870. The number of ketones is 1. The largest absolute Gasteiger partial charge is 0.469 e. The number of phosphoric acid groups is 1. The molecule has 54 heavy (non-hydrogen) atoms. The third kappa shape index (κ3) is 42.5. The Bertz CT molecular complexity index is 875. The number of aliphatic hydroxyl groups is 3. The number of rotatable bonds is 39. The van der Waals surface area contributed by atoms with Crippen molar-refractivity contribution >= 4 is 13.6 Å². The molecule has 0 amide bonds. The molecule has 0 aliphatic carbocycles. The minimum absolute atomic E-state index is 0.0772. The molecular weight excluding hydrogens is 701 g/mol. The van der Waals surface area contributed by atoms with Crippen LogP contribution in [0, 0.1) is 5.92 Å². The van der Waals surface area contributed by atoms with Gasteiger partial charge >= 0.3 is 7.82 Å². The first kappa shape index (κ1) is 55.5. The molecule has 0 aliphatic heterocycles. The van der Waals surface area contributed by atoms with Crippen LogP contribution in [0.4, 0.5) is 0 Å². The van der Waals surface area contributed by atoms with E-state index in [0.29, 0.717) is 11.0 Å². The van der Waals surface area contributed by atoms with Gasteiger partial charge in [0.05, 0.1) is 27.7 Å². The Balaban J connectivity index is 0. The smallest absolute Gasteiger partial charge is 0.394 e. The molecule has 0 fully saturated rings. The fraction of sp³-hybridized carbons (Fsp3) is 0.932. The first-order valence-corrected chi connectivity index (χ1v) is 24.0. The summed E-state index contributed by atoms with van der Waals surface area (Å²) in [6, 6.07) is 0. The van der Waals surface area contributed by atoms with Crippen molar-refractivity contribution in [3.05, 3.63) is 12.2 Å². The highest BCUT2D eigenvalue weighted by molar-refractivity contribution is 7.46. The van der Waals surface area contributed by atoms with Crippen molar-refractivity contribution in [2.75, 3.05) is 40.9 Å². The standard InChI is InChI=1S/C39H76O4.C5H14NO4P/c1-3-5-7-9-11-13-15-17-19-20-22-24-26-28-30-32-34-36(38(42)39(43)37(41)35-40)33-31-29-27-25-23-21-18-16-14-12-10-8-6-4-2;1-6(2,3)4-5-10-11(7,8)9/h18,21,36-37,39-41,43H,3-17,19-20,22-35H2,1-2H3;4-5H2,1-3H3,(H-,7,8,9)/p+1/b21-18-;. The first-order valence-electron chi connectivity index (χ1n) is 22.4. The normalized spacial score (nSPS) is 13.9. The Morgan fingerprint density at radius 3 is 1.24 bits per heavy atom. The molecular formula is C44H91NO8P+. The Morgan fingerprint density at radius 2 is 0.926 bits per heavy atom. The highest BCUT2D eigenvalue weighted by Gasteiger charge is 2.29. The summed E-state index contributed by atoms with van der Waals surface area (Å²) >= 11 is 0. The van der Waals surface area contributed by atoms with Gasteiger partial charge in [0, 0.05) is 5.92 Å². The van der Waals surface area contributed by atoms with Gasteiger partial charge in [-0.15, -0.1) is 0 Å². The number of aliphatic hydroxyl groups excluding tert-OH is 3.